The highest BCUT2D eigenvalue weighted by Gasteiger charge is 2.19. The molecular formula is C10H16N4. The maximum atomic E-state index is 8.37. The summed E-state index contributed by atoms with van der Waals surface area (Å²) < 4.78 is 95.0. The van der Waals surface area contributed by atoms with Crippen molar-refractivity contribution in [2.24, 2.45) is 0 Å². The van der Waals surface area contributed by atoms with E-state index in [0.717, 1.165) is 12.3 Å². The minimum atomic E-state index is -3.68. The SMILES string of the molecule is [2H]C([2H])([2H])C1([2H])N(c2ccnc(N)n2)C([2H])([2H])C([2H])([2H])C([2H])([2H])C1([2H])[2H]. The Balaban J connectivity index is 2.97. The molecule has 76 valence electrons. The number of hydrogen-bond donors (Lipinski definition) is 1. The van der Waals surface area contributed by atoms with Gasteiger partial charge in [-0.15, -0.1) is 0 Å². The van der Waals surface area contributed by atoms with Crippen molar-refractivity contribution in [3.05, 3.63) is 12.3 Å². The lowest BCUT2D eigenvalue weighted by Crippen LogP contribution is -2.38. The van der Waals surface area contributed by atoms with Crippen LogP contribution in [0.4, 0.5) is 11.8 Å². The molecule has 2 N–H and O–H groups in total. The summed E-state index contributed by atoms with van der Waals surface area (Å²) in [5, 5.41) is 0. The largest absolute Gasteiger partial charge is 0.368 e. The molecular weight excluding hydrogens is 176 g/mol. The predicted octanol–water partition coefficient (Wildman–Crippen LogP) is 1.44. The van der Waals surface area contributed by atoms with Gasteiger partial charge in [-0.25, -0.2) is 4.98 Å². The van der Waals surface area contributed by atoms with E-state index in [9.17, 15) is 0 Å². The number of nitrogens with two attached hydrogens (primary N) is 1. The third-order valence-corrected chi connectivity index (χ3v) is 1.52. The van der Waals surface area contributed by atoms with Crippen molar-refractivity contribution in [3.8, 4) is 0 Å². The number of aromatic nitrogens is 2. The zero-order valence-corrected chi connectivity index (χ0v) is 7.07. The van der Waals surface area contributed by atoms with E-state index in [1.165, 1.54) is 0 Å². The number of piperidine rings is 1. The standard InChI is InChI=1S/C10H16N4/c1-8-4-2-3-7-14(8)9-5-6-12-10(11)13-9/h5-6,8H,2-4,7H2,1H3,(H2,11,12,13)/i1D3,2D2,3D2,4D2,7D2,8D. The van der Waals surface area contributed by atoms with Crippen molar-refractivity contribution < 1.29 is 16.4 Å². The number of rotatable bonds is 1. The molecule has 4 nitrogen and oxygen atoms in total. The second kappa shape index (κ2) is 3.82. The number of nitrogens with zero attached hydrogens (tertiary/aromatic N) is 3. The molecule has 0 aliphatic carbocycles. The Bertz CT molecular complexity index is 716. The molecule has 1 aromatic heterocycles. The molecule has 2 rings (SSSR count). The second-order valence-electron chi connectivity index (χ2n) is 2.44. The Morgan fingerprint density at radius 1 is 1.79 bits per heavy atom. The molecule has 1 aromatic rings. The van der Waals surface area contributed by atoms with Crippen LogP contribution < -0.4 is 10.6 Å². The third-order valence-electron chi connectivity index (χ3n) is 1.52. The lowest BCUT2D eigenvalue weighted by molar-refractivity contribution is 0.481. The van der Waals surface area contributed by atoms with Gasteiger partial charge in [0, 0.05) is 33.8 Å². The van der Waals surface area contributed by atoms with E-state index in [-0.39, 0.29) is 4.90 Å². The normalized spacial score (nSPS) is 55.6. The van der Waals surface area contributed by atoms with Crippen molar-refractivity contribution in [2.45, 2.75) is 32.0 Å². The first-order valence-corrected chi connectivity index (χ1v) is 3.76. The first kappa shape index (κ1) is 2.62. The Morgan fingerprint density at radius 2 is 2.71 bits per heavy atom. The smallest absolute Gasteiger partial charge is 0.221 e. The van der Waals surface area contributed by atoms with Gasteiger partial charge in [-0.3, -0.25) is 0 Å². The molecule has 0 radical (unpaired) electrons. The average Bonchev–Trinajstić information content (AvgIpc) is 2.44. The fourth-order valence-electron chi connectivity index (χ4n) is 0.946. The molecule has 14 heavy (non-hydrogen) atoms. The van der Waals surface area contributed by atoms with Crippen LogP contribution in [0.1, 0.15) is 42.4 Å². The molecule has 0 aromatic carbocycles. The summed E-state index contributed by atoms with van der Waals surface area (Å²) in [6.45, 7) is -7.06. The Kier molecular flexibility index (Phi) is 0.715. The molecule has 1 saturated heterocycles. The van der Waals surface area contributed by atoms with Crippen LogP contribution >= 0.6 is 0 Å². The van der Waals surface area contributed by atoms with Gasteiger partial charge >= 0.3 is 0 Å². The van der Waals surface area contributed by atoms with Crippen molar-refractivity contribution in [3.63, 3.8) is 0 Å². The Morgan fingerprint density at radius 3 is 3.50 bits per heavy atom. The van der Waals surface area contributed by atoms with Crippen LogP contribution in [0.5, 0.6) is 0 Å². The van der Waals surface area contributed by atoms with E-state index in [4.69, 9.17) is 22.2 Å². The van der Waals surface area contributed by atoms with Crippen LogP contribution in [0.3, 0.4) is 0 Å². The highest BCUT2D eigenvalue weighted by atomic mass is 15.2. The fraction of sp³-hybridized carbons (Fsp3) is 0.600. The topological polar surface area (TPSA) is 55.0 Å². The van der Waals surface area contributed by atoms with Crippen LogP contribution in [-0.2, 0) is 0 Å². The molecule has 1 aliphatic heterocycles. The van der Waals surface area contributed by atoms with E-state index in [1.54, 1.807) is 0 Å². The first-order chi connectivity index (χ1) is 11.4. The molecule has 0 amide bonds. The molecule has 0 saturated carbocycles. The third kappa shape index (κ3) is 1.78. The first-order valence-electron chi connectivity index (χ1n) is 9.76. The van der Waals surface area contributed by atoms with Crippen LogP contribution in [0.15, 0.2) is 12.3 Å². The second-order valence-corrected chi connectivity index (χ2v) is 2.44. The van der Waals surface area contributed by atoms with Gasteiger partial charge in [0.05, 0.1) is 1.37 Å². The van der Waals surface area contributed by atoms with Crippen LogP contribution in [0.25, 0.3) is 0 Å². The van der Waals surface area contributed by atoms with Gasteiger partial charge < -0.3 is 10.6 Å². The van der Waals surface area contributed by atoms with Gasteiger partial charge in [-0.05, 0) is 32.0 Å². The summed E-state index contributed by atoms with van der Waals surface area (Å²) >= 11 is 0. The Labute approximate surface area is 101 Å². The van der Waals surface area contributed by atoms with Gasteiger partial charge in [0.25, 0.3) is 0 Å². The van der Waals surface area contributed by atoms with Gasteiger partial charge in [0.15, 0.2) is 0 Å². The molecule has 2 heterocycles. The van der Waals surface area contributed by atoms with E-state index >= 15 is 0 Å². The monoisotopic (exact) mass is 204 g/mol. The molecule has 4 heteroatoms. The van der Waals surface area contributed by atoms with E-state index in [1.807, 2.05) is 0 Å². The zero-order chi connectivity index (χ0) is 20.6. The summed E-state index contributed by atoms with van der Waals surface area (Å²) in [4.78, 5) is 7.15. The van der Waals surface area contributed by atoms with Crippen LogP contribution in [-0.4, -0.2) is 22.5 Å². The molecule has 0 bridgehead atoms. The molecule has 1 aliphatic rings. The summed E-state index contributed by atoms with van der Waals surface area (Å²) in [5.41, 5.74) is 5.41. The summed E-state index contributed by atoms with van der Waals surface area (Å²) in [5.74, 6) is -1.10. The predicted molar refractivity (Wildman–Crippen MR) is 57.1 cm³/mol. The van der Waals surface area contributed by atoms with Gasteiger partial charge in [0.2, 0.25) is 5.95 Å². The van der Waals surface area contributed by atoms with Crippen LogP contribution in [0, 0.1) is 0 Å². The van der Waals surface area contributed by atoms with Crippen molar-refractivity contribution in [1.82, 2.24) is 9.97 Å². The molecule has 1 atom stereocenters. The lowest BCUT2D eigenvalue weighted by atomic mass is 10.0. The number of anilines is 2. The van der Waals surface area contributed by atoms with E-state index in [0.29, 0.717) is 0 Å². The number of nitrogen functional groups attached to an aromatic ring is 1. The van der Waals surface area contributed by atoms with Crippen LogP contribution in [0.2, 0.25) is 0 Å². The lowest BCUT2D eigenvalue weighted by Gasteiger charge is -2.34. The average molecular weight is 204 g/mol. The van der Waals surface area contributed by atoms with Crippen molar-refractivity contribution in [2.75, 3.05) is 17.1 Å². The van der Waals surface area contributed by atoms with E-state index < -0.39 is 50.3 Å². The highest BCUT2D eigenvalue weighted by Crippen LogP contribution is 2.22. The minimum absolute atomic E-state index is 0.00757. The highest BCUT2D eigenvalue weighted by molar-refractivity contribution is 5.42. The summed E-state index contributed by atoms with van der Waals surface area (Å²) in [7, 11) is 0. The van der Waals surface area contributed by atoms with Gasteiger partial charge in [0.1, 0.15) is 5.82 Å². The Hall–Kier alpha value is -1.32. The minimum Gasteiger partial charge on any atom is -0.368 e. The van der Waals surface area contributed by atoms with E-state index in [2.05, 4.69) is 9.97 Å². The van der Waals surface area contributed by atoms with Crippen molar-refractivity contribution >= 4 is 11.8 Å². The zero-order valence-electron chi connectivity index (χ0n) is 19.1. The van der Waals surface area contributed by atoms with Crippen molar-refractivity contribution in [1.29, 1.82) is 0 Å². The summed E-state index contributed by atoms with van der Waals surface area (Å²) in [6, 6.07) is -2.63. The fourth-order valence-corrected chi connectivity index (χ4v) is 0.946. The molecule has 0 spiro atoms. The number of hydrogen-bond acceptors (Lipinski definition) is 4. The quantitative estimate of drug-likeness (QED) is 0.752. The van der Waals surface area contributed by atoms with Gasteiger partial charge in [-0.2, -0.15) is 4.98 Å². The maximum absolute atomic E-state index is 8.37. The maximum Gasteiger partial charge on any atom is 0.221 e. The molecule has 1 unspecified atom stereocenters. The van der Waals surface area contributed by atoms with Gasteiger partial charge in [-0.1, -0.05) is 0 Å². The molecule has 1 fully saturated rings. The summed E-state index contributed by atoms with van der Waals surface area (Å²) in [6.07, 6.45) is -9.91.